The molecular formula is C23H23ClN2O5S. The number of hydrogen-bond acceptors (Lipinski definition) is 5. The second kappa shape index (κ2) is 10.4. The van der Waals surface area contributed by atoms with Gasteiger partial charge in [-0.1, -0.05) is 35.9 Å². The van der Waals surface area contributed by atoms with E-state index in [9.17, 15) is 13.2 Å². The molecule has 0 atom stereocenters. The third-order valence-corrected chi connectivity index (χ3v) is 6.72. The summed E-state index contributed by atoms with van der Waals surface area (Å²) in [5.74, 6) is 0.672. The average Bonchev–Trinajstić information content (AvgIpc) is 2.81. The van der Waals surface area contributed by atoms with E-state index >= 15 is 0 Å². The molecule has 0 heterocycles. The van der Waals surface area contributed by atoms with Gasteiger partial charge in [0, 0.05) is 17.1 Å². The van der Waals surface area contributed by atoms with E-state index in [4.69, 9.17) is 21.1 Å². The number of benzene rings is 3. The highest BCUT2D eigenvalue weighted by Gasteiger charge is 2.27. The van der Waals surface area contributed by atoms with Crippen LogP contribution in [0.5, 0.6) is 11.5 Å². The van der Waals surface area contributed by atoms with Gasteiger partial charge in [0.1, 0.15) is 18.0 Å². The summed E-state index contributed by atoms with van der Waals surface area (Å²) >= 11 is 6.08. The van der Waals surface area contributed by atoms with Crippen LogP contribution in [0.3, 0.4) is 0 Å². The number of methoxy groups -OCH3 is 2. The van der Waals surface area contributed by atoms with Crippen molar-refractivity contribution in [3.8, 4) is 11.5 Å². The lowest BCUT2D eigenvalue weighted by Gasteiger charge is -2.24. The Kier molecular flexibility index (Phi) is 7.61. The maximum atomic E-state index is 13.4. The summed E-state index contributed by atoms with van der Waals surface area (Å²) in [6.45, 7) is -0.237. The summed E-state index contributed by atoms with van der Waals surface area (Å²) in [5, 5.41) is 3.11. The first kappa shape index (κ1) is 23.4. The van der Waals surface area contributed by atoms with Crippen molar-refractivity contribution in [2.75, 3.05) is 25.1 Å². The lowest BCUT2D eigenvalue weighted by Crippen LogP contribution is -2.40. The van der Waals surface area contributed by atoms with Gasteiger partial charge >= 0.3 is 0 Å². The van der Waals surface area contributed by atoms with Crippen molar-refractivity contribution in [2.45, 2.75) is 11.4 Å². The standard InChI is InChI=1S/C23H23ClN2O5S/c1-30-20-10-12-21(13-11-20)32(28,29)26(19-8-5-7-18(24)14-19)16-23(27)25-15-17-6-3-4-9-22(17)31-2/h3-14H,15-16H2,1-2H3,(H,25,27). The first-order valence-electron chi connectivity index (χ1n) is 9.66. The Balaban J connectivity index is 1.86. The molecule has 0 radical (unpaired) electrons. The fourth-order valence-corrected chi connectivity index (χ4v) is 4.65. The molecule has 32 heavy (non-hydrogen) atoms. The molecule has 1 amide bonds. The molecule has 9 heteroatoms. The molecule has 0 aliphatic heterocycles. The minimum Gasteiger partial charge on any atom is -0.497 e. The number of para-hydroxylation sites is 1. The van der Waals surface area contributed by atoms with Crippen LogP contribution in [0.4, 0.5) is 5.69 Å². The smallest absolute Gasteiger partial charge is 0.264 e. The molecule has 0 bridgehead atoms. The minimum atomic E-state index is -4.05. The summed E-state index contributed by atoms with van der Waals surface area (Å²) in [6, 6.07) is 19.5. The van der Waals surface area contributed by atoms with Crippen LogP contribution in [-0.4, -0.2) is 35.1 Å². The van der Waals surface area contributed by atoms with Gasteiger partial charge in [0.05, 0.1) is 24.8 Å². The zero-order valence-corrected chi connectivity index (χ0v) is 19.2. The Morgan fingerprint density at radius 3 is 2.34 bits per heavy atom. The predicted octanol–water partition coefficient (Wildman–Crippen LogP) is 3.87. The summed E-state index contributed by atoms with van der Waals surface area (Å²) in [6.07, 6.45) is 0. The van der Waals surface area contributed by atoms with Gasteiger partial charge in [-0.25, -0.2) is 8.42 Å². The van der Waals surface area contributed by atoms with E-state index in [1.165, 1.54) is 25.3 Å². The van der Waals surface area contributed by atoms with Gasteiger partial charge in [-0.15, -0.1) is 0 Å². The number of halogens is 1. The number of sulfonamides is 1. The summed E-state index contributed by atoms with van der Waals surface area (Å²) in [5.41, 5.74) is 1.05. The van der Waals surface area contributed by atoms with Gasteiger partial charge in [-0.05, 0) is 48.5 Å². The van der Waals surface area contributed by atoms with Gasteiger partial charge in [-0.3, -0.25) is 9.10 Å². The van der Waals surface area contributed by atoms with E-state index in [-0.39, 0.29) is 17.1 Å². The molecule has 0 aliphatic carbocycles. The van der Waals surface area contributed by atoms with Crippen molar-refractivity contribution < 1.29 is 22.7 Å². The molecule has 0 unspecified atom stereocenters. The van der Waals surface area contributed by atoms with Crippen LogP contribution in [0.1, 0.15) is 5.56 Å². The number of ether oxygens (including phenoxy) is 2. The fourth-order valence-electron chi connectivity index (χ4n) is 3.05. The third kappa shape index (κ3) is 5.52. The highest BCUT2D eigenvalue weighted by Crippen LogP contribution is 2.27. The van der Waals surface area contributed by atoms with Crippen molar-refractivity contribution in [3.05, 3.63) is 83.4 Å². The molecule has 3 aromatic carbocycles. The SMILES string of the molecule is COc1ccc(S(=O)(=O)N(CC(=O)NCc2ccccc2OC)c2cccc(Cl)c2)cc1. The van der Waals surface area contributed by atoms with Crippen LogP contribution in [0.25, 0.3) is 0 Å². The van der Waals surface area contributed by atoms with Crippen molar-refractivity contribution >= 4 is 33.2 Å². The van der Waals surface area contributed by atoms with Gasteiger partial charge in [0.15, 0.2) is 0 Å². The van der Waals surface area contributed by atoms with E-state index in [1.54, 1.807) is 43.5 Å². The minimum absolute atomic E-state index is 0.0239. The first-order valence-corrected chi connectivity index (χ1v) is 11.5. The second-order valence-electron chi connectivity index (χ2n) is 6.76. The molecule has 0 saturated carbocycles. The maximum Gasteiger partial charge on any atom is 0.264 e. The van der Waals surface area contributed by atoms with Crippen LogP contribution >= 0.6 is 11.6 Å². The van der Waals surface area contributed by atoms with Gasteiger partial charge in [0.2, 0.25) is 5.91 Å². The Hall–Kier alpha value is -3.23. The molecule has 0 aromatic heterocycles. The lowest BCUT2D eigenvalue weighted by atomic mass is 10.2. The first-order chi connectivity index (χ1) is 15.3. The number of nitrogens with zero attached hydrogens (tertiary/aromatic N) is 1. The van der Waals surface area contributed by atoms with Crippen LogP contribution in [0, 0.1) is 0 Å². The second-order valence-corrected chi connectivity index (χ2v) is 9.05. The Labute approximate surface area is 192 Å². The maximum absolute atomic E-state index is 13.4. The highest BCUT2D eigenvalue weighted by molar-refractivity contribution is 7.92. The number of anilines is 1. The number of carbonyl (C=O) groups is 1. The average molecular weight is 475 g/mol. The van der Waals surface area contributed by atoms with Crippen LogP contribution < -0.4 is 19.1 Å². The molecule has 7 nitrogen and oxygen atoms in total. The largest absolute Gasteiger partial charge is 0.497 e. The third-order valence-electron chi connectivity index (χ3n) is 4.70. The zero-order chi connectivity index (χ0) is 23.1. The number of rotatable bonds is 9. The lowest BCUT2D eigenvalue weighted by molar-refractivity contribution is -0.119. The molecule has 0 aliphatic rings. The normalized spacial score (nSPS) is 11.0. The zero-order valence-electron chi connectivity index (χ0n) is 17.6. The molecule has 3 aromatic rings. The number of carbonyl (C=O) groups excluding carboxylic acids is 1. The van der Waals surface area contributed by atoms with Crippen LogP contribution in [0.15, 0.2) is 77.7 Å². The Morgan fingerprint density at radius 1 is 0.969 bits per heavy atom. The van der Waals surface area contributed by atoms with Crippen molar-refractivity contribution in [2.24, 2.45) is 0 Å². The van der Waals surface area contributed by atoms with Crippen LogP contribution in [0.2, 0.25) is 5.02 Å². The van der Waals surface area contributed by atoms with E-state index in [2.05, 4.69) is 5.32 Å². The number of hydrogen-bond donors (Lipinski definition) is 1. The number of nitrogens with one attached hydrogen (secondary N) is 1. The monoisotopic (exact) mass is 474 g/mol. The van der Waals surface area contributed by atoms with Gasteiger partial charge in [0.25, 0.3) is 10.0 Å². The molecule has 1 N–H and O–H groups in total. The van der Waals surface area contributed by atoms with Crippen molar-refractivity contribution in [3.63, 3.8) is 0 Å². The van der Waals surface area contributed by atoms with Crippen molar-refractivity contribution in [1.29, 1.82) is 0 Å². The summed E-state index contributed by atoms with van der Waals surface area (Å²) in [4.78, 5) is 12.8. The molecule has 0 spiro atoms. The van der Waals surface area contributed by atoms with Gasteiger partial charge in [-0.2, -0.15) is 0 Å². The highest BCUT2D eigenvalue weighted by atomic mass is 35.5. The fraction of sp³-hybridized carbons (Fsp3) is 0.174. The van der Waals surface area contributed by atoms with E-state index in [0.717, 1.165) is 9.87 Å². The Bertz CT molecular complexity index is 1180. The Morgan fingerprint density at radius 2 is 1.69 bits per heavy atom. The van der Waals surface area contributed by atoms with E-state index in [1.807, 2.05) is 18.2 Å². The van der Waals surface area contributed by atoms with E-state index < -0.39 is 22.5 Å². The topological polar surface area (TPSA) is 84.9 Å². The molecule has 168 valence electrons. The van der Waals surface area contributed by atoms with Crippen LogP contribution in [-0.2, 0) is 21.4 Å². The molecule has 3 rings (SSSR count). The predicted molar refractivity (Wildman–Crippen MR) is 124 cm³/mol. The van der Waals surface area contributed by atoms with Crippen molar-refractivity contribution in [1.82, 2.24) is 5.32 Å². The molecular weight excluding hydrogens is 452 g/mol. The van der Waals surface area contributed by atoms with E-state index in [0.29, 0.717) is 16.5 Å². The quantitative estimate of drug-likeness (QED) is 0.509. The van der Waals surface area contributed by atoms with Gasteiger partial charge < -0.3 is 14.8 Å². The summed E-state index contributed by atoms with van der Waals surface area (Å²) < 4.78 is 38.2. The molecule has 0 fully saturated rings. The molecule has 0 saturated heterocycles. The summed E-state index contributed by atoms with van der Waals surface area (Å²) in [7, 11) is -1.01. The number of amides is 1.